The van der Waals surface area contributed by atoms with Gasteiger partial charge in [0.25, 0.3) is 0 Å². The zero-order valence-corrected chi connectivity index (χ0v) is 17.0. The van der Waals surface area contributed by atoms with E-state index in [-0.39, 0.29) is 24.0 Å². The first kappa shape index (κ1) is 20.4. The van der Waals surface area contributed by atoms with Gasteiger partial charge in [-0.15, -0.1) is 35.3 Å². The van der Waals surface area contributed by atoms with Crippen LogP contribution in [0.3, 0.4) is 0 Å². The van der Waals surface area contributed by atoms with Gasteiger partial charge in [-0.3, -0.25) is 9.79 Å². The number of nitrogens with two attached hydrogens (primary N) is 1. The Labute approximate surface area is 164 Å². The number of nitrogens with one attached hydrogen (secondary N) is 1. The van der Waals surface area contributed by atoms with E-state index in [1.807, 2.05) is 19.2 Å². The molecule has 1 heterocycles. The predicted molar refractivity (Wildman–Crippen MR) is 111 cm³/mol. The molecule has 1 amide bonds. The van der Waals surface area contributed by atoms with Crippen molar-refractivity contribution in [2.24, 2.45) is 10.7 Å². The lowest BCUT2D eigenvalue weighted by molar-refractivity contribution is 0.1000. The van der Waals surface area contributed by atoms with Crippen LogP contribution in [0.25, 0.3) is 0 Å². The molecular weight excluding hydrogens is 435 g/mol. The number of aliphatic imine (C=N–C) groups is 1. The summed E-state index contributed by atoms with van der Waals surface area (Å²) in [6.45, 7) is 1.48. The number of nitrogens with zero attached hydrogens (tertiary/aromatic N) is 2. The number of halogens is 1. The SMILES string of the molecule is CN=C(NCc1cccc(C(N)=O)c1)N(C)CCc1cccs1.I. The van der Waals surface area contributed by atoms with E-state index in [0.717, 1.165) is 24.5 Å². The van der Waals surface area contributed by atoms with Crippen LogP contribution in [0.5, 0.6) is 0 Å². The van der Waals surface area contributed by atoms with Crippen molar-refractivity contribution in [2.45, 2.75) is 13.0 Å². The first-order chi connectivity index (χ1) is 11.1. The first-order valence-corrected chi connectivity index (χ1v) is 8.31. The molecule has 2 rings (SSSR count). The van der Waals surface area contributed by atoms with Crippen LogP contribution >= 0.6 is 35.3 Å². The average Bonchev–Trinajstić information content (AvgIpc) is 3.07. The highest BCUT2D eigenvalue weighted by Gasteiger charge is 2.07. The Hall–Kier alpha value is -1.61. The Morgan fingerprint density at radius 1 is 1.33 bits per heavy atom. The summed E-state index contributed by atoms with van der Waals surface area (Å²) in [6.07, 6.45) is 0.992. The molecule has 0 bridgehead atoms. The molecule has 0 atom stereocenters. The summed E-state index contributed by atoms with van der Waals surface area (Å²) >= 11 is 1.77. The Bertz CT molecular complexity index is 673. The third kappa shape index (κ3) is 6.12. The number of hydrogen-bond acceptors (Lipinski definition) is 3. The lowest BCUT2D eigenvalue weighted by Crippen LogP contribution is -2.39. The van der Waals surface area contributed by atoms with E-state index in [4.69, 9.17) is 5.73 Å². The number of carbonyl (C=O) groups excluding carboxylic acids is 1. The zero-order chi connectivity index (χ0) is 16.7. The highest BCUT2D eigenvalue weighted by atomic mass is 127. The molecule has 0 fully saturated rings. The summed E-state index contributed by atoms with van der Waals surface area (Å²) in [5.74, 6) is 0.412. The summed E-state index contributed by atoms with van der Waals surface area (Å²) < 4.78 is 0. The highest BCUT2D eigenvalue weighted by Crippen LogP contribution is 2.09. The van der Waals surface area contributed by atoms with Crippen LogP contribution in [0.15, 0.2) is 46.8 Å². The van der Waals surface area contributed by atoms with Gasteiger partial charge >= 0.3 is 0 Å². The van der Waals surface area contributed by atoms with Crippen molar-refractivity contribution < 1.29 is 4.79 Å². The molecule has 5 nitrogen and oxygen atoms in total. The predicted octanol–water partition coefficient (Wildman–Crippen LogP) is 2.71. The monoisotopic (exact) mass is 458 g/mol. The van der Waals surface area contributed by atoms with Crippen LogP contribution in [0.2, 0.25) is 0 Å². The van der Waals surface area contributed by atoms with Crippen LogP contribution < -0.4 is 11.1 Å². The van der Waals surface area contributed by atoms with Crippen LogP contribution in [0, 0.1) is 0 Å². The molecule has 0 saturated heterocycles. The van der Waals surface area contributed by atoms with E-state index in [9.17, 15) is 4.79 Å². The number of hydrogen-bond donors (Lipinski definition) is 2. The number of guanidine groups is 1. The largest absolute Gasteiger partial charge is 0.366 e. The lowest BCUT2D eigenvalue weighted by Gasteiger charge is -2.22. The van der Waals surface area contributed by atoms with Crippen molar-refractivity contribution in [3.63, 3.8) is 0 Å². The van der Waals surface area contributed by atoms with Gasteiger partial charge in [0.15, 0.2) is 5.96 Å². The molecule has 3 N–H and O–H groups in total. The number of thiophene rings is 1. The van der Waals surface area contributed by atoms with Crippen molar-refractivity contribution >= 4 is 47.2 Å². The molecule has 1 aromatic heterocycles. The molecule has 24 heavy (non-hydrogen) atoms. The molecule has 0 radical (unpaired) electrons. The third-order valence-electron chi connectivity index (χ3n) is 3.51. The summed E-state index contributed by atoms with van der Waals surface area (Å²) in [4.78, 5) is 19.0. The third-order valence-corrected chi connectivity index (χ3v) is 4.45. The minimum absolute atomic E-state index is 0. The number of primary amides is 1. The molecule has 7 heteroatoms. The lowest BCUT2D eigenvalue weighted by atomic mass is 10.1. The molecule has 2 aromatic rings. The number of rotatable bonds is 6. The molecule has 0 aliphatic heterocycles. The van der Waals surface area contributed by atoms with Gasteiger partial charge in [0, 0.05) is 37.6 Å². The fourth-order valence-corrected chi connectivity index (χ4v) is 2.94. The van der Waals surface area contributed by atoms with Crippen molar-refractivity contribution in [1.29, 1.82) is 0 Å². The second-order valence-corrected chi connectivity index (χ2v) is 6.25. The molecule has 0 unspecified atom stereocenters. The number of amides is 1. The van der Waals surface area contributed by atoms with Crippen molar-refractivity contribution in [1.82, 2.24) is 10.2 Å². The number of likely N-dealkylation sites (N-methyl/N-ethyl adjacent to an activating group) is 1. The maximum absolute atomic E-state index is 11.2. The van der Waals surface area contributed by atoms with Gasteiger partial charge in [0.2, 0.25) is 5.91 Å². The van der Waals surface area contributed by atoms with Gasteiger partial charge in [-0.2, -0.15) is 0 Å². The van der Waals surface area contributed by atoms with Crippen LogP contribution in [-0.2, 0) is 13.0 Å². The molecule has 0 saturated carbocycles. The molecule has 1 aromatic carbocycles. The van der Waals surface area contributed by atoms with E-state index in [0.29, 0.717) is 12.1 Å². The second kappa shape index (κ2) is 10.3. The van der Waals surface area contributed by atoms with Crippen molar-refractivity contribution in [3.05, 3.63) is 57.8 Å². The maximum Gasteiger partial charge on any atom is 0.248 e. The van der Waals surface area contributed by atoms with E-state index in [2.05, 4.69) is 32.7 Å². The van der Waals surface area contributed by atoms with Gasteiger partial charge < -0.3 is 16.0 Å². The fraction of sp³-hybridized carbons (Fsp3) is 0.294. The molecule has 0 aliphatic rings. The standard InChI is InChI=1S/C17H22N4OS.HI/c1-19-17(21(2)9-8-15-7-4-10-23-15)20-12-13-5-3-6-14(11-13)16(18)22;/h3-7,10-11H,8-9,12H2,1-2H3,(H2,18,22)(H,19,20);1H. The first-order valence-electron chi connectivity index (χ1n) is 7.43. The van der Waals surface area contributed by atoms with Gasteiger partial charge in [-0.05, 0) is 35.6 Å². The van der Waals surface area contributed by atoms with Gasteiger partial charge in [-0.25, -0.2) is 0 Å². The highest BCUT2D eigenvalue weighted by molar-refractivity contribution is 14.0. The van der Waals surface area contributed by atoms with Crippen LogP contribution in [-0.4, -0.2) is 37.4 Å². The van der Waals surface area contributed by atoms with Gasteiger partial charge in [0.05, 0.1) is 0 Å². The quantitative estimate of drug-likeness (QED) is 0.398. The fourth-order valence-electron chi connectivity index (χ4n) is 2.24. The summed E-state index contributed by atoms with van der Waals surface area (Å²) in [6, 6.07) is 11.5. The second-order valence-electron chi connectivity index (χ2n) is 5.22. The molecular formula is C17H23IN4OS. The summed E-state index contributed by atoms with van der Waals surface area (Å²) in [5, 5.41) is 5.40. The molecule has 0 aliphatic carbocycles. The minimum atomic E-state index is -0.413. The topological polar surface area (TPSA) is 70.7 Å². The molecule has 130 valence electrons. The Kier molecular flexibility index (Phi) is 8.77. The Morgan fingerprint density at radius 3 is 2.75 bits per heavy atom. The van der Waals surface area contributed by atoms with E-state index >= 15 is 0 Å². The Balaban J connectivity index is 0.00000288. The maximum atomic E-state index is 11.2. The van der Waals surface area contributed by atoms with E-state index in [1.165, 1.54) is 4.88 Å². The van der Waals surface area contributed by atoms with Crippen LogP contribution in [0.1, 0.15) is 20.8 Å². The number of carbonyl (C=O) groups is 1. The van der Waals surface area contributed by atoms with Crippen LogP contribution in [0.4, 0.5) is 0 Å². The normalized spacial score (nSPS) is 10.8. The number of benzene rings is 1. The smallest absolute Gasteiger partial charge is 0.248 e. The summed E-state index contributed by atoms with van der Waals surface area (Å²) in [7, 11) is 3.78. The minimum Gasteiger partial charge on any atom is -0.366 e. The van der Waals surface area contributed by atoms with Crippen molar-refractivity contribution in [3.8, 4) is 0 Å². The van der Waals surface area contributed by atoms with Gasteiger partial charge in [0.1, 0.15) is 0 Å². The van der Waals surface area contributed by atoms with Gasteiger partial charge in [-0.1, -0.05) is 18.2 Å². The Morgan fingerprint density at radius 2 is 2.12 bits per heavy atom. The van der Waals surface area contributed by atoms with Crippen molar-refractivity contribution in [2.75, 3.05) is 20.6 Å². The summed E-state index contributed by atoms with van der Waals surface area (Å²) in [5.41, 5.74) is 6.82. The van der Waals surface area contributed by atoms with E-state index in [1.54, 1.807) is 30.5 Å². The van der Waals surface area contributed by atoms with E-state index < -0.39 is 5.91 Å². The zero-order valence-electron chi connectivity index (χ0n) is 13.9. The average molecular weight is 458 g/mol. The molecule has 0 spiro atoms.